The van der Waals surface area contributed by atoms with Gasteiger partial charge in [0.25, 0.3) is 5.91 Å². The van der Waals surface area contributed by atoms with Gasteiger partial charge in [-0.15, -0.1) is 0 Å². The van der Waals surface area contributed by atoms with E-state index < -0.39 is 0 Å². The van der Waals surface area contributed by atoms with E-state index in [-0.39, 0.29) is 18.7 Å². The Morgan fingerprint density at radius 1 is 1.45 bits per heavy atom. The van der Waals surface area contributed by atoms with Crippen LogP contribution in [0.15, 0.2) is 12.1 Å². The first-order valence-electron chi connectivity index (χ1n) is 6.69. The predicted molar refractivity (Wildman–Crippen MR) is 81.5 cm³/mol. The smallest absolute Gasteiger partial charge is 0.253 e. The molecule has 1 aromatic carbocycles. The van der Waals surface area contributed by atoms with Gasteiger partial charge in [-0.3, -0.25) is 4.79 Å². The minimum atomic E-state index is -0.171. The van der Waals surface area contributed by atoms with Gasteiger partial charge in [0, 0.05) is 17.8 Å². The first-order valence-corrected chi connectivity index (χ1v) is 7.85. The number of carbonyl (C=O) groups is 1. The lowest BCUT2D eigenvalue weighted by Crippen LogP contribution is -2.33. The largest absolute Gasteiger partial charge is 0.454 e. The molecule has 0 aromatic heterocycles. The van der Waals surface area contributed by atoms with E-state index in [0.29, 0.717) is 22.7 Å². The first kappa shape index (κ1) is 14.8. The number of anilines is 1. The summed E-state index contributed by atoms with van der Waals surface area (Å²) in [5.74, 6) is 3.12. The van der Waals surface area contributed by atoms with Crippen LogP contribution in [0.1, 0.15) is 30.6 Å². The fourth-order valence-electron chi connectivity index (χ4n) is 1.93. The molecule has 110 valence electrons. The molecule has 3 N–H and O–H groups in total. The SMILES string of the molecule is CCSCCC(C)NC(=O)c1cc2c(cc1N)OCO2. The van der Waals surface area contributed by atoms with Gasteiger partial charge in [0.1, 0.15) is 0 Å². The number of nitrogen functional groups attached to an aromatic ring is 1. The standard InChI is InChI=1S/C14H20N2O3S/c1-3-20-5-4-9(2)16-14(17)10-6-12-13(7-11(10)15)19-8-18-12/h6-7,9H,3-5,8,15H2,1-2H3,(H,16,17). The van der Waals surface area contributed by atoms with Crippen LogP contribution in [0.3, 0.4) is 0 Å². The van der Waals surface area contributed by atoms with Crippen LogP contribution in [-0.4, -0.2) is 30.2 Å². The molecule has 1 aliphatic rings. The molecule has 1 unspecified atom stereocenters. The van der Waals surface area contributed by atoms with E-state index in [1.807, 2.05) is 18.7 Å². The molecule has 0 bridgehead atoms. The highest BCUT2D eigenvalue weighted by Gasteiger charge is 2.20. The fourth-order valence-corrected chi connectivity index (χ4v) is 2.74. The van der Waals surface area contributed by atoms with E-state index in [0.717, 1.165) is 17.9 Å². The minimum absolute atomic E-state index is 0.117. The lowest BCUT2D eigenvalue weighted by molar-refractivity contribution is 0.0940. The summed E-state index contributed by atoms with van der Waals surface area (Å²) in [6.07, 6.45) is 0.939. The summed E-state index contributed by atoms with van der Waals surface area (Å²) in [5.41, 5.74) is 6.73. The molecular weight excluding hydrogens is 276 g/mol. The van der Waals surface area contributed by atoms with Crippen molar-refractivity contribution in [1.82, 2.24) is 5.32 Å². The maximum atomic E-state index is 12.2. The Balaban J connectivity index is 1.99. The van der Waals surface area contributed by atoms with Crippen LogP contribution >= 0.6 is 11.8 Å². The zero-order valence-corrected chi connectivity index (χ0v) is 12.6. The highest BCUT2D eigenvalue weighted by molar-refractivity contribution is 7.99. The molecule has 0 spiro atoms. The monoisotopic (exact) mass is 296 g/mol. The second kappa shape index (κ2) is 6.74. The van der Waals surface area contributed by atoms with Crippen molar-refractivity contribution in [2.45, 2.75) is 26.3 Å². The van der Waals surface area contributed by atoms with E-state index in [9.17, 15) is 4.79 Å². The summed E-state index contributed by atoms with van der Waals surface area (Å²) < 4.78 is 10.5. The Labute approximate surface area is 123 Å². The van der Waals surface area contributed by atoms with Crippen LogP contribution < -0.4 is 20.5 Å². The summed E-state index contributed by atoms with van der Waals surface area (Å²) in [6, 6.07) is 3.39. The number of nitrogens with two attached hydrogens (primary N) is 1. The van der Waals surface area contributed by atoms with E-state index >= 15 is 0 Å². The van der Waals surface area contributed by atoms with Gasteiger partial charge < -0.3 is 20.5 Å². The summed E-state index contributed by atoms with van der Waals surface area (Å²) in [6.45, 7) is 4.29. The number of rotatable bonds is 6. The van der Waals surface area contributed by atoms with Crippen LogP contribution in [0.2, 0.25) is 0 Å². The lowest BCUT2D eigenvalue weighted by Gasteiger charge is -2.14. The van der Waals surface area contributed by atoms with Crippen LogP contribution in [0.5, 0.6) is 11.5 Å². The van der Waals surface area contributed by atoms with Crippen molar-refractivity contribution in [2.75, 3.05) is 24.0 Å². The number of ether oxygens (including phenoxy) is 2. The quantitative estimate of drug-likeness (QED) is 0.622. The average Bonchev–Trinajstić information content (AvgIpc) is 2.84. The van der Waals surface area contributed by atoms with Crippen LogP contribution in [-0.2, 0) is 0 Å². The zero-order chi connectivity index (χ0) is 14.5. The van der Waals surface area contributed by atoms with Gasteiger partial charge >= 0.3 is 0 Å². The van der Waals surface area contributed by atoms with Crippen LogP contribution in [0.4, 0.5) is 5.69 Å². The highest BCUT2D eigenvalue weighted by atomic mass is 32.2. The Morgan fingerprint density at radius 3 is 2.85 bits per heavy atom. The molecule has 0 saturated carbocycles. The Bertz CT molecular complexity index is 494. The van der Waals surface area contributed by atoms with Gasteiger partial charge in [-0.2, -0.15) is 11.8 Å². The van der Waals surface area contributed by atoms with E-state index in [2.05, 4.69) is 12.2 Å². The van der Waals surface area contributed by atoms with Gasteiger partial charge in [0.2, 0.25) is 6.79 Å². The van der Waals surface area contributed by atoms with Gasteiger partial charge in [-0.1, -0.05) is 6.92 Å². The second-order valence-electron chi connectivity index (χ2n) is 4.65. The molecule has 1 amide bonds. The molecule has 20 heavy (non-hydrogen) atoms. The fraction of sp³-hybridized carbons (Fsp3) is 0.500. The number of carbonyl (C=O) groups excluding carboxylic acids is 1. The molecule has 2 rings (SSSR count). The van der Waals surface area contributed by atoms with Crippen molar-refractivity contribution in [3.63, 3.8) is 0 Å². The van der Waals surface area contributed by atoms with Crippen LogP contribution in [0, 0.1) is 0 Å². The molecule has 1 atom stereocenters. The molecular formula is C14H20N2O3S. The van der Waals surface area contributed by atoms with E-state index in [1.54, 1.807) is 12.1 Å². The van der Waals surface area contributed by atoms with Gasteiger partial charge in [0.05, 0.1) is 5.56 Å². The van der Waals surface area contributed by atoms with Gasteiger partial charge in [-0.25, -0.2) is 0 Å². The first-order chi connectivity index (χ1) is 9.61. The zero-order valence-electron chi connectivity index (χ0n) is 11.8. The molecule has 1 aliphatic heterocycles. The number of hydrogen-bond donors (Lipinski definition) is 2. The molecule has 0 aliphatic carbocycles. The third-order valence-corrected chi connectivity index (χ3v) is 4.00. The summed E-state index contributed by atoms with van der Waals surface area (Å²) in [7, 11) is 0. The Kier molecular flexibility index (Phi) is 5.00. The molecule has 1 aromatic rings. The minimum Gasteiger partial charge on any atom is -0.454 e. The van der Waals surface area contributed by atoms with Crippen molar-refractivity contribution in [3.05, 3.63) is 17.7 Å². The Hall–Kier alpha value is -1.56. The van der Waals surface area contributed by atoms with Gasteiger partial charge in [-0.05, 0) is 30.9 Å². The predicted octanol–water partition coefficient (Wildman–Crippen LogP) is 2.26. The summed E-state index contributed by atoms with van der Waals surface area (Å²) >= 11 is 1.87. The normalized spacial score (nSPS) is 14.1. The number of nitrogens with one attached hydrogen (secondary N) is 1. The van der Waals surface area contributed by atoms with Gasteiger partial charge in [0.15, 0.2) is 11.5 Å². The van der Waals surface area contributed by atoms with Crippen molar-refractivity contribution >= 4 is 23.4 Å². The number of amides is 1. The maximum absolute atomic E-state index is 12.2. The average molecular weight is 296 g/mol. The summed E-state index contributed by atoms with van der Waals surface area (Å²) in [4.78, 5) is 12.2. The maximum Gasteiger partial charge on any atom is 0.253 e. The molecule has 0 fully saturated rings. The number of hydrogen-bond acceptors (Lipinski definition) is 5. The molecule has 6 heteroatoms. The third-order valence-electron chi connectivity index (χ3n) is 3.07. The number of fused-ring (bicyclic) bond motifs is 1. The van der Waals surface area contributed by atoms with Crippen molar-refractivity contribution in [1.29, 1.82) is 0 Å². The summed E-state index contributed by atoms with van der Waals surface area (Å²) in [5, 5.41) is 2.96. The molecule has 0 saturated heterocycles. The van der Waals surface area contributed by atoms with Crippen molar-refractivity contribution < 1.29 is 14.3 Å². The second-order valence-corrected chi connectivity index (χ2v) is 6.05. The van der Waals surface area contributed by atoms with Crippen LogP contribution in [0.25, 0.3) is 0 Å². The lowest BCUT2D eigenvalue weighted by atomic mass is 10.1. The Morgan fingerprint density at radius 2 is 2.15 bits per heavy atom. The number of benzene rings is 1. The molecule has 1 heterocycles. The number of thioether (sulfide) groups is 1. The van der Waals surface area contributed by atoms with Crippen molar-refractivity contribution in [2.24, 2.45) is 0 Å². The third kappa shape index (κ3) is 3.50. The molecule has 0 radical (unpaired) electrons. The van der Waals surface area contributed by atoms with E-state index in [4.69, 9.17) is 15.2 Å². The molecule has 5 nitrogen and oxygen atoms in total. The van der Waals surface area contributed by atoms with E-state index in [1.165, 1.54) is 0 Å². The van der Waals surface area contributed by atoms with Crippen molar-refractivity contribution in [3.8, 4) is 11.5 Å². The highest BCUT2D eigenvalue weighted by Crippen LogP contribution is 2.35. The topological polar surface area (TPSA) is 73.6 Å².